The summed E-state index contributed by atoms with van der Waals surface area (Å²) in [6, 6.07) is 10.3. The molecule has 0 spiro atoms. The second-order valence-corrected chi connectivity index (χ2v) is 8.00. The van der Waals surface area contributed by atoms with Crippen LogP contribution in [0.1, 0.15) is 22.1 Å². The molecule has 0 unspecified atom stereocenters. The van der Waals surface area contributed by atoms with Crippen LogP contribution in [0, 0.1) is 13.8 Å². The van der Waals surface area contributed by atoms with E-state index in [2.05, 4.69) is 63.3 Å². The lowest BCUT2D eigenvalue weighted by Gasteiger charge is -2.34. The lowest BCUT2D eigenvalue weighted by Crippen LogP contribution is -2.45. The van der Waals surface area contributed by atoms with Crippen LogP contribution in [0.4, 0.5) is 0 Å². The van der Waals surface area contributed by atoms with E-state index in [1.807, 2.05) is 6.07 Å². The van der Waals surface area contributed by atoms with E-state index in [1.165, 1.54) is 11.4 Å². The number of aryl methyl sites for hydroxylation is 2. The Labute approximate surface area is 158 Å². The lowest BCUT2D eigenvalue weighted by molar-refractivity contribution is 0.120. The van der Waals surface area contributed by atoms with E-state index in [9.17, 15) is 0 Å². The van der Waals surface area contributed by atoms with E-state index in [0.29, 0.717) is 0 Å². The van der Waals surface area contributed by atoms with E-state index in [1.54, 1.807) is 11.3 Å². The van der Waals surface area contributed by atoms with Crippen LogP contribution in [0.15, 0.2) is 35.7 Å². The molecule has 1 aliphatic heterocycles. The Hall–Kier alpha value is -2.02. The summed E-state index contributed by atoms with van der Waals surface area (Å²) in [7, 11) is 0. The van der Waals surface area contributed by atoms with Crippen molar-refractivity contribution in [3.8, 4) is 11.4 Å². The summed E-state index contributed by atoms with van der Waals surface area (Å²) in [4.78, 5) is 17.9. The van der Waals surface area contributed by atoms with Crippen LogP contribution in [0.5, 0.6) is 0 Å². The summed E-state index contributed by atoms with van der Waals surface area (Å²) in [5.74, 6) is 0.968. The number of aromatic amines is 1. The Bertz CT molecular complexity index is 846. The predicted molar refractivity (Wildman–Crippen MR) is 106 cm³/mol. The van der Waals surface area contributed by atoms with Gasteiger partial charge in [0.05, 0.1) is 16.4 Å². The highest BCUT2D eigenvalue weighted by atomic mass is 32.1. The molecule has 3 heterocycles. The van der Waals surface area contributed by atoms with Crippen LogP contribution in [-0.2, 0) is 13.1 Å². The Morgan fingerprint density at radius 3 is 2.31 bits per heavy atom. The lowest BCUT2D eigenvalue weighted by atomic mass is 10.2. The number of thiazole rings is 1. The van der Waals surface area contributed by atoms with Gasteiger partial charge in [0.15, 0.2) is 0 Å². The minimum atomic E-state index is 0.915. The molecular formula is C20H25N5S. The Balaban J connectivity index is 1.34. The van der Waals surface area contributed by atoms with Gasteiger partial charge in [0.1, 0.15) is 5.82 Å². The van der Waals surface area contributed by atoms with Crippen molar-refractivity contribution in [2.45, 2.75) is 26.9 Å². The third-order valence-electron chi connectivity index (χ3n) is 4.92. The van der Waals surface area contributed by atoms with E-state index < -0.39 is 0 Å². The highest BCUT2D eigenvalue weighted by Gasteiger charge is 2.19. The van der Waals surface area contributed by atoms with E-state index in [0.717, 1.165) is 61.4 Å². The van der Waals surface area contributed by atoms with Crippen molar-refractivity contribution in [3.05, 3.63) is 57.8 Å². The topological polar surface area (TPSA) is 48.1 Å². The Morgan fingerprint density at radius 1 is 0.962 bits per heavy atom. The molecule has 5 nitrogen and oxygen atoms in total. The molecule has 136 valence electrons. The van der Waals surface area contributed by atoms with Gasteiger partial charge in [-0.3, -0.25) is 9.80 Å². The zero-order valence-electron chi connectivity index (χ0n) is 15.4. The van der Waals surface area contributed by atoms with Crippen LogP contribution >= 0.6 is 11.3 Å². The predicted octanol–water partition coefficient (Wildman–Crippen LogP) is 3.47. The standard InChI is InChI=1S/C20H25N5S/c1-15-19(23-20(21-15)17-6-4-3-5-7-17)13-25-10-8-24(9-11-25)12-18-14-26-16(2)22-18/h3-7,14H,8-13H2,1-2H3,(H,21,23). The molecular weight excluding hydrogens is 342 g/mol. The van der Waals surface area contributed by atoms with Gasteiger partial charge in [-0.15, -0.1) is 11.3 Å². The van der Waals surface area contributed by atoms with Crippen molar-refractivity contribution in [2.24, 2.45) is 0 Å². The minimum Gasteiger partial charge on any atom is -0.342 e. The molecule has 3 aromatic rings. The zero-order chi connectivity index (χ0) is 17.9. The number of piperazine rings is 1. The fourth-order valence-corrected chi connectivity index (χ4v) is 4.01. The van der Waals surface area contributed by atoms with Gasteiger partial charge in [0, 0.05) is 55.9 Å². The van der Waals surface area contributed by atoms with Gasteiger partial charge >= 0.3 is 0 Å². The molecule has 2 aromatic heterocycles. The summed E-state index contributed by atoms with van der Waals surface area (Å²) in [5, 5.41) is 3.33. The van der Waals surface area contributed by atoms with Gasteiger partial charge in [-0.05, 0) is 13.8 Å². The maximum Gasteiger partial charge on any atom is 0.137 e. The molecule has 26 heavy (non-hydrogen) atoms. The average Bonchev–Trinajstić information content (AvgIpc) is 3.23. The van der Waals surface area contributed by atoms with Crippen LogP contribution in [0.3, 0.4) is 0 Å². The minimum absolute atomic E-state index is 0.915. The number of imidazole rings is 1. The van der Waals surface area contributed by atoms with Crippen LogP contribution in [-0.4, -0.2) is 50.9 Å². The van der Waals surface area contributed by atoms with Crippen molar-refractivity contribution in [2.75, 3.05) is 26.2 Å². The Morgan fingerprint density at radius 2 is 1.65 bits per heavy atom. The first kappa shape index (κ1) is 17.4. The molecule has 1 aliphatic rings. The first-order valence-electron chi connectivity index (χ1n) is 9.14. The molecule has 0 aliphatic carbocycles. The second-order valence-electron chi connectivity index (χ2n) is 6.93. The number of rotatable bonds is 5. The number of nitrogens with one attached hydrogen (secondary N) is 1. The number of benzene rings is 1. The molecule has 0 bridgehead atoms. The van der Waals surface area contributed by atoms with Crippen LogP contribution in [0.2, 0.25) is 0 Å². The maximum atomic E-state index is 4.84. The van der Waals surface area contributed by atoms with E-state index >= 15 is 0 Å². The SMILES string of the molecule is Cc1nc(CN2CCN(Cc3nc(-c4ccccc4)[nH]c3C)CC2)cs1. The molecule has 0 amide bonds. The fraction of sp³-hybridized carbons (Fsp3) is 0.400. The average molecular weight is 368 g/mol. The third kappa shape index (κ3) is 4.03. The van der Waals surface area contributed by atoms with Crippen molar-refractivity contribution >= 4 is 11.3 Å². The molecule has 1 N–H and O–H groups in total. The summed E-state index contributed by atoms with van der Waals surface area (Å²) < 4.78 is 0. The van der Waals surface area contributed by atoms with Gasteiger partial charge in [0.25, 0.3) is 0 Å². The smallest absolute Gasteiger partial charge is 0.137 e. The first-order chi connectivity index (χ1) is 12.7. The highest BCUT2D eigenvalue weighted by molar-refractivity contribution is 7.09. The monoisotopic (exact) mass is 367 g/mol. The number of nitrogens with zero attached hydrogens (tertiary/aromatic N) is 4. The normalized spacial score (nSPS) is 16.2. The van der Waals surface area contributed by atoms with Gasteiger partial charge < -0.3 is 4.98 Å². The summed E-state index contributed by atoms with van der Waals surface area (Å²) >= 11 is 1.74. The number of aromatic nitrogens is 3. The second kappa shape index (κ2) is 7.70. The molecule has 1 saturated heterocycles. The van der Waals surface area contributed by atoms with Gasteiger partial charge in [-0.25, -0.2) is 9.97 Å². The van der Waals surface area contributed by atoms with Crippen LogP contribution in [0.25, 0.3) is 11.4 Å². The van der Waals surface area contributed by atoms with Crippen LogP contribution < -0.4 is 0 Å². The van der Waals surface area contributed by atoms with Crippen molar-refractivity contribution in [1.29, 1.82) is 0 Å². The number of H-pyrrole nitrogens is 1. The summed E-state index contributed by atoms with van der Waals surface area (Å²) in [5.41, 5.74) is 4.68. The highest BCUT2D eigenvalue weighted by Crippen LogP contribution is 2.19. The summed E-state index contributed by atoms with van der Waals surface area (Å²) in [6.07, 6.45) is 0. The van der Waals surface area contributed by atoms with Gasteiger partial charge in [-0.1, -0.05) is 30.3 Å². The molecule has 0 radical (unpaired) electrons. The van der Waals surface area contributed by atoms with Crippen molar-refractivity contribution in [1.82, 2.24) is 24.8 Å². The maximum absolute atomic E-state index is 4.84. The third-order valence-corrected chi connectivity index (χ3v) is 5.75. The Kier molecular flexibility index (Phi) is 5.15. The van der Waals surface area contributed by atoms with E-state index in [-0.39, 0.29) is 0 Å². The zero-order valence-corrected chi connectivity index (χ0v) is 16.2. The van der Waals surface area contributed by atoms with Gasteiger partial charge in [0.2, 0.25) is 0 Å². The first-order valence-corrected chi connectivity index (χ1v) is 10.0. The quantitative estimate of drug-likeness (QED) is 0.750. The van der Waals surface area contributed by atoms with Crippen molar-refractivity contribution in [3.63, 3.8) is 0 Å². The van der Waals surface area contributed by atoms with Gasteiger partial charge in [-0.2, -0.15) is 0 Å². The molecule has 1 fully saturated rings. The molecule has 0 saturated carbocycles. The molecule has 4 rings (SSSR count). The largest absolute Gasteiger partial charge is 0.342 e. The molecule has 6 heteroatoms. The summed E-state index contributed by atoms with van der Waals surface area (Å²) in [6.45, 7) is 10.4. The number of hydrogen-bond donors (Lipinski definition) is 1. The van der Waals surface area contributed by atoms with E-state index in [4.69, 9.17) is 4.98 Å². The molecule has 1 aromatic carbocycles. The number of hydrogen-bond acceptors (Lipinski definition) is 5. The van der Waals surface area contributed by atoms with Crippen molar-refractivity contribution < 1.29 is 0 Å². The fourth-order valence-electron chi connectivity index (χ4n) is 3.41. The molecule has 0 atom stereocenters.